The molecule has 5 nitrogen and oxygen atoms in total. The number of phosphoric acid groups is 1. The number of phosphoric ester groups is 1. The fraction of sp³-hybridized carbons (Fsp3) is 0.318. The minimum Gasteiger partial charge on any atom is -0.395 e. The highest BCUT2D eigenvalue weighted by atomic mass is 31.2. The molecule has 0 saturated heterocycles. The second-order valence-corrected chi connectivity index (χ2v) is 7.97. The molecule has 2 rings (SSSR count). The molecule has 0 fully saturated rings. The van der Waals surface area contributed by atoms with E-state index in [1.807, 2.05) is 60.7 Å². The minimum absolute atomic E-state index is 0.203. The third-order valence-corrected chi connectivity index (χ3v) is 5.51. The van der Waals surface area contributed by atoms with Crippen LogP contribution in [0.2, 0.25) is 0 Å². The van der Waals surface area contributed by atoms with Crippen molar-refractivity contribution in [2.45, 2.75) is 32.3 Å². The highest BCUT2D eigenvalue weighted by molar-refractivity contribution is 7.48. The van der Waals surface area contributed by atoms with Crippen LogP contribution < -0.4 is 0 Å². The van der Waals surface area contributed by atoms with Crippen LogP contribution in [-0.2, 0) is 18.1 Å². The predicted octanol–water partition coefficient (Wildman–Crippen LogP) is 5.89. The van der Waals surface area contributed by atoms with E-state index >= 15 is 0 Å². The van der Waals surface area contributed by atoms with Gasteiger partial charge in [-0.05, 0) is 18.4 Å². The van der Waals surface area contributed by atoms with Crippen molar-refractivity contribution in [2.75, 3.05) is 14.2 Å². The molecule has 0 aliphatic carbocycles. The van der Waals surface area contributed by atoms with Crippen LogP contribution in [0.5, 0.6) is 0 Å². The first kappa shape index (κ1) is 22.2. The zero-order chi connectivity index (χ0) is 20.4. The van der Waals surface area contributed by atoms with Gasteiger partial charge in [0.2, 0.25) is 0 Å². The number of aliphatic hydroxyl groups is 1. The van der Waals surface area contributed by atoms with Gasteiger partial charge >= 0.3 is 7.82 Å². The van der Waals surface area contributed by atoms with Crippen molar-refractivity contribution in [3.05, 3.63) is 83.1 Å². The maximum absolute atomic E-state index is 12.6. The van der Waals surface area contributed by atoms with E-state index in [2.05, 4.69) is 12.7 Å². The zero-order valence-corrected chi connectivity index (χ0v) is 17.4. The van der Waals surface area contributed by atoms with E-state index in [0.717, 1.165) is 18.4 Å². The Kier molecular flexibility index (Phi) is 8.72. The molecule has 150 valence electrons. The van der Waals surface area contributed by atoms with E-state index in [1.54, 1.807) is 0 Å². The van der Waals surface area contributed by atoms with Gasteiger partial charge < -0.3 is 9.63 Å². The maximum atomic E-state index is 12.6. The molecule has 0 heterocycles. The quantitative estimate of drug-likeness (QED) is 0.305. The molecule has 0 bridgehead atoms. The van der Waals surface area contributed by atoms with Crippen molar-refractivity contribution < 1.29 is 23.2 Å². The van der Waals surface area contributed by atoms with Gasteiger partial charge in [-0.25, -0.2) is 4.57 Å². The van der Waals surface area contributed by atoms with Gasteiger partial charge in [-0.15, -0.1) is 0 Å². The van der Waals surface area contributed by atoms with Crippen LogP contribution >= 0.6 is 7.82 Å². The van der Waals surface area contributed by atoms with E-state index in [1.165, 1.54) is 14.2 Å². The Morgan fingerprint density at radius 2 is 1.61 bits per heavy atom. The SMILES string of the molecule is CCCCC(=C=C(OP(=O)(OC)OC)c1ccccc1)C(O)c1ccccc1. The summed E-state index contributed by atoms with van der Waals surface area (Å²) in [5.74, 6) is 0.203. The van der Waals surface area contributed by atoms with E-state index in [9.17, 15) is 9.67 Å². The van der Waals surface area contributed by atoms with E-state index in [4.69, 9.17) is 13.6 Å². The van der Waals surface area contributed by atoms with Crippen molar-refractivity contribution in [1.82, 2.24) is 0 Å². The Morgan fingerprint density at radius 1 is 1.04 bits per heavy atom. The van der Waals surface area contributed by atoms with Crippen molar-refractivity contribution in [1.29, 1.82) is 0 Å². The van der Waals surface area contributed by atoms with E-state index in [-0.39, 0.29) is 5.76 Å². The lowest BCUT2D eigenvalue weighted by atomic mass is 9.97. The molecule has 0 radical (unpaired) electrons. The Balaban J connectivity index is 2.60. The van der Waals surface area contributed by atoms with Crippen molar-refractivity contribution in [3.63, 3.8) is 0 Å². The molecule has 0 spiro atoms. The monoisotopic (exact) mass is 402 g/mol. The summed E-state index contributed by atoms with van der Waals surface area (Å²) in [6.07, 6.45) is 1.61. The van der Waals surface area contributed by atoms with Gasteiger partial charge in [-0.2, -0.15) is 0 Å². The molecule has 0 saturated carbocycles. The summed E-state index contributed by atoms with van der Waals surface area (Å²) in [5.41, 5.74) is 5.22. The largest absolute Gasteiger partial charge is 0.530 e. The average molecular weight is 402 g/mol. The fourth-order valence-electron chi connectivity index (χ4n) is 2.62. The second-order valence-electron chi connectivity index (χ2n) is 6.17. The number of hydrogen-bond donors (Lipinski definition) is 1. The lowest BCUT2D eigenvalue weighted by molar-refractivity contribution is 0.200. The van der Waals surface area contributed by atoms with Crippen LogP contribution in [0.1, 0.15) is 43.4 Å². The van der Waals surface area contributed by atoms with Crippen LogP contribution in [-0.4, -0.2) is 19.3 Å². The molecule has 0 aliphatic heterocycles. The van der Waals surface area contributed by atoms with Gasteiger partial charge in [-0.3, -0.25) is 9.05 Å². The summed E-state index contributed by atoms with van der Waals surface area (Å²) in [6.45, 7) is 2.08. The molecule has 2 aromatic carbocycles. The molecular weight excluding hydrogens is 375 g/mol. The maximum Gasteiger partial charge on any atom is 0.530 e. The summed E-state index contributed by atoms with van der Waals surface area (Å²) < 4.78 is 28.0. The first-order valence-corrected chi connectivity index (χ1v) is 10.7. The van der Waals surface area contributed by atoms with Crippen LogP contribution in [0.4, 0.5) is 0 Å². The summed E-state index contributed by atoms with van der Waals surface area (Å²) in [7, 11) is -1.27. The molecule has 1 atom stereocenters. The van der Waals surface area contributed by atoms with Gasteiger partial charge in [0.25, 0.3) is 0 Å². The predicted molar refractivity (Wildman–Crippen MR) is 111 cm³/mol. The highest BCUT2D eigenvalue weighted by Crippen LogP contribution is 2.51. The number of aliphatic hydroxyl groups excluding tert-OH is 1. The topological polar surface area (TPSA) is 65.0 Å². The van der Waals surface area contributed by atoms with E-state index < -0.39 is 13.9 Å². The summed E-state index contributed by atoms with van der Waals surface area (Å²) in [5, 5.41) is 10.9. The number of rotatable bonds is 10. The minimum atomic E-state index is -3.78. The zero-order valence-electron chi connectivity index (χ0n) is 16.5. The molecular formula is C22H27O5P. The van der Waals surface area contributed by atoms with Crippen LogP contribution in [0.3, 0.4) is 0 Å². The normalized spacial score (nSPS) is 12.1. The molecule has 6 heteroatoms. The Hall–Kier alpha value is -2.13. The molecule has 1 N–H and O–H groups in total. The van der Waals surface area contributed by atoms with E-state index in [0.29, 0.717) is 17.6 Å². The molecule has 28 heavy (non-hydrogen) atoms. The molecule has 0 amide bonds. The van der Waals surface area contributed by atoms with Gasteiger partial charge in [0, 0.05) is 25.4 Å². The fourth-order valence-corrected chi connectivity index (χ4v) is 3.29. The lowest BCUT2D eigenvalue weighted by Crippen LogP contribution is -2.02. The highest BCUT2D eigenvalue weighted by Gasteiger charge is 2.27. The average Bonchev–Trinajstić information content (AvgIpc) is 2.76. The summed E-state index contributed by atoms with van der Waals surface area (Å²) >= 11 is 0. The Labute approximate surface area is 166 Å². The number of unbranched alkanes of at least 4 members (excludes halogenated alkanes) is 1. The first-order valence-electron chi connectivity index (χ1n) is 9.22. The van der Waals surface area contributed by atoms with Gasteiger partial charge in [0.1, 0.15) is 6.10 Å². The van der Waals surface area contributed by atoms with Gasteiger partial charge in [-0.1, -0.05) is 79.7 Å². The van der Waals surface area contributed by atoms with Crippen LogP contribution in [0.25, 0.3) is 5.76 Å². The van der Waals surface area contributed by atoms with Crippen molar-refractivity contribution in [2.24, 2.45) is 0 Å². The standard InChI is InChI=1S/C22H27O5P/c1-4-5-12-20(22(23)19-15-10-7-11-16-19)17-21(18-13-8-6-9-14-18)27-28(24,25-2)26-3/h6-11,13-16,22-23H,4-5,12H2,1-3H3. The number of benzene rings is 2. The smallest absolute Gasteiger partial charge is 0.395 e. The Bertz CT molecular complexity index is 834. The van der Waals surface area contributed by atoms with Gasteiger partial charge in [0.15, 0.2) is 5.76 Å². The lowest BCUT2D eigenvalue weighted by Gasteiger charge is -2.17. The molecule has 1 unspecified atom stereocenters. The summed E-state index contributed by atoms with van der Waals surface area (Å²) in [4.78, 5) is 0. The molecule has 2 aromatic rings. The Morgan fingerprint density at radius 3 is 2.14 bits per heavy atom. The van der Waals surface area contributed by atoms with Crippen molar-refractivity contribution >= 4 is 13.6 Å². The second kappa shape index (κ2) is 11.0. The molecule has 0 aliphatic rings. The molecule has 0 aromatic heterocycles. The summed E-state index contributed by atoms with van der Waals surface area (Å²) in [6, 6.07) is 18.5. The van der Waals surface area contributed by atoms with Crippen LogP contribution in [0, 0.1) is 0 Å². The van der Waals surface area contributed by atoms with Gasteiger partial charge in [0.05, 0.1) is 0 Å². The number of hydrogen-bond acceptors (Lipinski definition) is 5. The van der Waals surface area contributed by atoms with Crippen LogP contribution in [0.15, 0.2) is 72.0 Å². The third-order valence-electron chi connectivity index (χ3n) is 4.21. The van der Waals surface area contributed by atoms with Crippen molar-refractivity contribution in [3.8, 4) is 0 Å². The third kappa shape index (κ3) is 6.20. The first-order chi connectivity index (χ1) is 13.5.